The van der Waals surface area contributed by atoms with E-state index in [1.165, 1.54) is 19.1 Å². The van der Waals surface area contributed by atoms with E-state index < -0.39 is 16.8 Å². The summed E-state index contributed by atoms with van der Waals surface area (Å²) in [7, 11) is 2.70. The minimum absolute atomic E-state index is 0.0143. The number of ether oxygens (including phenoxy) is 2. The van der Waals surface area contributed by atoms with E-state index in [1.807, 2.05) is 0 Å². The second kappa shape index (κ2) is 6.36. The predicted octanol–water partition coefficient (Wildman–Crippen LogP) is 3.23. The Kier molecular flexibility index (Phi) is 4.90. The first-order valence-electron chi connectivity index (χ1n) is 6.15. The number of halogens is 3. The topological polar surface area (TPSA) is 55.8 Å². The van der Waals surface area contributed by atoms with Crippen molar-refractivity contribution >= 4 is 52.4 Å². The molecule has 1 atom stereocenters. The monoisotopic (exact) mass is 363 g/mol. The number of rotatable bonds is 3. The number of methoxy groups -OCH3 is 2. The Labute approximate surface area is 142 Å². The molecule has 0 aliphatic carbocycles. The van der Waals surface area contributed by atoms with Gasteiger partial charge in [0.1, 0.15) is 10.2 Å². The molecule has 1 heterocycles. The van der Waals surface area contributed by atoms with Gasteiger partial charge in [0, 0.05) is 5.69 Å². The van der Waals surface area contributed by atoms with Crippen molar-refractivity contribution in [3.05, 3.63) is 34.5 Å². The molecular formula is C14H12Cl3NO4. The number of carbonyl (C=O) groups excluding carboxylic acids is 2. The first-order chi connectivity index (χ1) is 10.3. The Morgan fingerprint density at radius 2 is 1.82 bits per heavy atom. The van der Waals surface area contributed by atoms with Gasteiger partial charge in [0.05, 0.1) is 26.3 Å². The van der Waals surface area contributed by atoms with E-state index in [4.69, 9.17) is 39.5 Å². The molecule has 22 heavy (non-hydrogen) atoms. The molecule has 0 bridgehead atoms. The highest BCUT2D eigenvalue weighted by Crippen LogP contribution is 2.45. The van der Waals surface area contributed by atoms with Gasteiger partial charge in [-0.05, 0) is 24.3 Å². The van der Waals surface area contributed by atoms with Crippen LogP contribution in [-0.2, 0) is 14.3 Å². The number of alkyl halides is 1. The molecule has 2 rings (SSSR count). The van der Waals surface area contributed by atoms with Crippen molar-refractivity contribution in [3.63, 3.8) is 0 Å². The summed E-state index contributed by atoms with van der Waals surface area (Å²) >= 11 is 18.0. The van der Waals surface area contributed by atoms with Gasteiger partial charge in [-0.25, -0.2) is 4.79 Å². The summed E-state index contributed by atoms with van der Waals surface area (Å²) in [6.07, 6.45) is -0.300. The first kappa shape index (κ1) is 16.9. The predicted molar refractivity (Wildman–Crippen MR) is 84.4 cm³/mol. The minimum atomic E-state index is -1.75. The third kappa shape index (κ3) is 2.76. The van der Waals surface area contributed by atoms with Gasteiger partial charge in [0.15, 0.2) is 4.87 Å². The number of carbonyl (C=O) groups is 2. The fourth-order valence-electron chi connectivity index (χ4n) is 2.24. The van der Waals surface area contributed by atoms with E-state index in [1.54, 1.807) is 24.3 Å². The molecule has 1 unspecified atom stereocenters. The van der Waals surface area contributed by atoms with Crippen LogP contribution < -0.4 is 9.64 Å². The average Bonchev–Trinajstić information content (AvgIpc) is 2.78. The number of esters is 1. The fourth-order valence-corrected chi connectivity index (χ4v) is 3.20. The molecule has 0 N–H and O–H groups in total. The molecule has 0 spiro atoms. The van der Waals surface area contributed by atoms with Crippen LogP contribution >= 0.6 is 34.8 Å². The third-order valence-corrected chi connectivity index (χ3v) is 4.09. The number of anilines is 1. The van der Waals surface area contributed by atoms with Crippen LogP contribution in [0.3, 0.4) is 0 Å². The Hall–Kier alpha value is -1.43. The minimum Gasteiger partial charge on any atom is -0.497 e. The van der Waals surface area contributed by atoms with Crippen molar-refractivity contribution in [2.24, 2.45) is 0 Å². The molecule has 0 radical (unpaired) electrons. The van der Waals surface area contributed by atoms with Crippen molar-refractivity contribution in [1.29, 1.82) is 0 Å². The molecule has 1 aliphatic rings. The number of benzene rings is 1. The molecule has 1 fully saturated rings. The van der Waals surface area contributed by atoms with Crippen LogP contribution in [0.25, 0.3) is 0 Å². The van der Waals surface area contributed by atoms with Gasteiger partial charge in [-0.1, -0.05) is 34.8 Å². The number of hydrogen-bond acceptors (Lipinski definition) is 4. The van der Waals surface area contributed by atoms with Crippen molar-refractivity contribution in [2.45, 2.75) is 11.3 Å². The zero-order valence-corrected chi connectivity index (χ0v) is 14.0. The van der Waals surface area contributed by atoms with Gasteiger partial charge in [-0.3, -0.25) is 9.69 Å². The molecule has 0 saturated carbocycles. The lowest BCUT2D eigenvalue weighted by Crippen LogP contribution is -2.35. The summed E-state index contributed by atoms with van der Waals surface area (Å²) in [6.45, 7) is 0. The second-order valence-corrected chi connectivity index (χ2v) is 6.10. The Morgan fingerprint density at radius 1 is 1.23 bits per heavy atom. The van der Waals surface area contributed by atoms with E-state index in [2.05, 4.69) is 4.74 Å². The Bertz CT molecular complexity index is 640. The third-order valence-electron chi connectivity index (χ3n) is 3.26. The van der Waals surface area contributed by atoms with E-state index in [0.717, 1.165) is 0 Å². The summed E-state index contributed by atoms with van der Waals surface area (Å²) in [4.78, 5) is 23.8. The summed E-state index contributed by atoms with van der Waals surface area (Å²) < 4.78 is 9.45. The highest BCUT2D eigenvalue weighted by molar-refractivity contribution is 6.58. The second-order valence-electron chi connectivity index (χ2n) is 4.51. The largest absolute Gasteiger partial charge is 0.497 e. The molecule has 1 aliphatic heterocycles. The van der Waals surface area contributed by atoms with Crippen LogP contribution in [0.5, 0.6) is 5.75 Å². The lowest BCUT2D eigenvalue weighted by molar-refractivity contribution is -0.143. The molecule has 8 heteroatoms. The Balaban J connectivity index is 2.53. The van der Waals surface area contributed by atoms with E-state index >= 15 is 0 Å². The number of nitrogens with zero attached hydrogens (tertiary/aromatic N) is 1. The van der Waals surface area contributed by atoms with Crippen LogP contribution in [0.2, 0.25) is 0 Å². The molecule has 1 aromatic rings. The number of amides is 1. The van der Waals surface area contributed by atoms with E-state index in [-0.39, 0.29) is 16.6 Å². The van der Waals surface area contributed by atoms with Gasteiger partial charge in [-0.2, -0.15) is 0 Å². The first-order valence-corrected chi connectivity index (χ1v) is 7.28. The highest BCUT2D eigenvalue weighted by atomic mass is 35.5. The van der Waals surface area contributed by atoms with Crippen molar-refractivity contribution in [3.8, 4) is 5.75 Å². The van der Waals surface area contributed by atoms with Crippen LogP contribution in [-0.4, -0.2) is 31.0 Å². The zero-order chi connectivity index (χ0) is 16.5. The molecule has 5 nitrogen and oxygen atoms in total. The summed E-state index contributed by atoms with van der Waals surface area (Å²) in [5.74, 6) is -0.602. The van der Waals surface area contributed by atoms with Crippen LogP contribution in [0.1, 0.15) is 6.42 Å². The lowest BCUT2D eigenvalue weighted by atomic mass is 10.1. The van der Waals surface area contributed by atoms with Gasteiger partial charge in [0.25, 0.3) is 0 Å². The fraction of sp³-hybridized carbons (Fsp3) is 0.286. The van der Waals surface area contributed by atoms with Gasteiger partial charge in [0.2, 0.25) is 5.91 Å². The van der Waals surface area contributed by atoms with Crippen molar-refractivity contribution in [1.82, 2.24) is 0 Å². The molecule has 1 aromatic carbocycles. The summed E-state index contributed by atoms with van der Waals surface area (Å²) in [6, 6.07) is 6.59. The smallest absolute Gasteiger partial charge is 0.333 e. The molecule has 1 amide bonds. The maximum absolute atomic E-state index is 12.3. The van der Waals surface area contributed by atoms with Gasteiger partial charge >= 0.3 is 5.97 Å². The molecule has 118 valence electrons. The summed E-state index contributed by atoms with van der Waals surface area (Å²) in [5.41, 5.74) is 0.450. The van der Waals surface area contributed by atoms with Crippen LogP contribution in [0.15, 0.2) is 34.5 Å². The normalized spacial score (nSPS) is 21.0. The maximum Gasteiger partial charge on any atom is 0.333 e. The zero-order valence-electron chi connectivity index (χ0n) is 11.7. The highest BCUT2D eigenvalue weighted by Gasteiger charge is 2.55. The van der Waals surface area contributed by atoms with E-state index in [9.17, 15) is 9.59 Å². The maximum atomic E-state index is 12.3. The molecule has 0 aromatic heterocycles. The lowest BCUT2D eigenvalue weighted by Gasteiger charge is -2.24. The SMILES string of the molecule is COC(=O)C1(Cl)CC(=O)N(c2ccc(OC)cc2)C1=C(Cl)Cl. The summed E-state index contributed by atoms with van der Waals surface area (Å²) in [5, 5.41) is 0. The van der Waals surface area contributed by atoms with Gasteiger partial charge in [-0.15, -0.1) is 0 Å². The quantitative estimate of drug-likeness (QED) is 0.610. The average molecular weight is 365 g/mol. The molecule has 1 saturated heterocycles. The van der Waals surface area contributed by atoms with Crippen LogP contribution in [0, 0.1) is 0 Å². The van der Waals surface area contributed by atoms with Crippen molar-refractivity contribution in [2.75, 3.05) is 19.1 Å². The standard InChI is InChI=1S/C14H12Cl3NO4/c1-21-9-5-3-8(4-6-9)18-10(19)7-14(17,13(20)22-2)11(18)12(15)16/h3-6H,7H2,1-2H3. The van der Waals surface area contributed by atoms with Crippen LogP contribution in [0.4, 0.5) is 5.69 Å². The van der Waals surface area contributed by atoms with Gasteiger partial charge < -0.3 is 9.47 Å². The molecular weight excluding hydrogens is 353 g/mol. The number of hydrogen-bond donors (Lipinski definition) is 0. The van der Waals surface area contributed by atoms with Crippen molar-refractivity contribution < 1.29 is 19.1 Å². The van der Waals surface area contributed by atoms with E-state index in [0.29, 0.717) is 11.4 Å². The Morgan fingerprint density at radius 3 is 2.27 bits per heavy atom.